The zero-order chi connectivity index (χ0) is 20.8. The molecule has 0 bridgehead atoms. The van der Waals surface area contributed by atoms with E-state index in [-0.39, 0.29) is 28.5 Å². The Balaban J connectivity index is 1.32. The summed E-state index contributed by atoms with van der Waals surface area (Å²) in [6.45, 7) is 9.61. The van der Waals surface area contributed by atoms with Gasteiger partial charge in [-0.25, -0.2) is 0 Å². The quantitative estimate of drug-likeness (QED) is 0.598. The van der Waals surface area contributed by atoms with Gasteiger partial charge in [-0.3, -0.25) is 4.79 Å². The molecule has 4 aliphatic carbocycles. The summed E-state index contributed by atoms with van der Waals surface area (Å²) in [6, 6.07) is 0. The van der Waals surface area contributed by atoms with Gasteiger partial charge in [-0.05, 0) is 55.3 Å². The summed E-state index contributed by atoms with van der Waals surface area (Å²) >= 11 is 0. The lowest BCUT2D eigenvalue weighted by atomic mass is 9.47. The second-order valence-electron chi connectivity index (χ2n) is 11.4. The molecule has 0 N–H and O–H groups in total. The van der Waals surface area contributed by atoms with Gasteiger partial charge in [0.15, 0.2) is 11.6 Å². The summed E-state index contributed by atoms with van der Waals surface area (Å²) < 4.78 is 24.2. The lowest BCUT2D eigenvalue weighted by Crippen LogP contribution is -2.55. The van der Waals surface area contributed by atoms with Gasteiger partial charge >= 0.3 is 0 Å². The SMILES string of the molecule is CC1([C@H]2CC(=O)[C@H]3[C@@H]4CC=C5CC6(CC[C@]5(C)[C@H]4CC[C@]23C)OCCO6)OCCO1. The topological polar surface area (TPSA) is 54.0 Å². The van der Waals surface area contributed by atoms with Crippen molar-refractivity contribution < 1.29 is 23.7 Å². The van der Waals surface area contributed by atoms with Gasteiger partial charge in [0.2, 0.25) is 0 Å². The third-order valence-electron chi connectivity index (χ3n) is 10.2. The second kappa shape index (κ2) is 6.40. The first-order valence-electron chi connectivity index (χ1n) is 12.1. The molecule has 0 aromatic rings. The molecule has 2 aliphatic heterocycles. The number of carbonyl (C=O) groups is 1. The molecule has 0 aromatic carbocycles. The van der Waals surface area contributed by atoms with E-state index in [1.807, 2.05) is 0 Å². The van der Waals surface area contributed by atoms with Crippen LogP contribution in [0, 0.1) is 34.5 Å². The van der Waals surface area contributed by atoms with E-state index in [2.05, 4.69) is 26.8 Å². The van der Waals surface area contributed by atoms with Crippen LogP contribution in [0.1, 0.15) is 65.7 Å². The summed E-state index contributed by atoms with van der Waals surface area (Å²) in [7, 11) is 0. The van der Waals surface area contributed by atoms with Crippen LogP contribution in [-0.2, 0) is 23.7 Å². The Morgan fingerprint density at radius 1 is 0.933 bits per heavy atom. The van der Waals surface area contributed by atoms with E-state index in [4.69, 9.17) is 18.9 Å². The van der Waals surface area contributed by atoms with E-state index in [1.54, 1.807) is 0 Å². The number of ketones is 1. The van der Waals surface area contributed by atoms with Crippen molar-refractivity contribution in [2.75, 3.05) is 26.4 Å². The van der Waals surface area contributed by atoms with Gasteiger partial charge in [0, 0.05) is 31.1 Å². The highest BCUT2D eigenvalue weighted by Gasteiger charge is 2.66. The lowest BCUT2D eigenvalue weighted by molar-refractivity contribution is -0.216. The van der Waals surface area contributed by atoms with E-state index in [1.165, 1.54) is 12.0 Å². The maximum atomic E-state index is 13.5. The Labute approximate surface area is 179 Å². The smallest absolute Gasteiger partial charge is 0.172 e. The lowest BCUT2D eigenvalue weighted by Gasteiger charge is -2.59. The molecule has 2 saturated heterocycles. The molecule has 5 heteroatoms. The molecule has 0 aromatic heterocycles. The molecule has 0 unspecified atom stereocenters. The summed E-state index contributed by atoms with van der Waals surface area (Å²) in [5.74, 6) is 0.804. The minimum absolute atomic E-state index is 0.0212. The molecule has 0 radical (unpaired) electrons. The first-order valence-corrected chi connectivity index (χ1v) is 12.1. The molecular formula is C25H36O5. The summed E-state index contributed by atoms with van der Waals surface area (Å²) in [4.78, 5) is 13.5. The van der Waals surface area contributed by atoms with Gasteiger partial charge in [0.1, 0.15) is 5.78 Å². The molecule has 1 spiro atoms. The van der Waals surface area contributed by atoms with Crippen molar-refractivity contribution in [1.29, 1.82) is 0 Å². The maximum absolute atomic E-state index is 13.5. The van der Waals surface area contributed by atoms with Crippen LogP contribution >= 0.6 is 0 Å². The van der Waals surface area contributed by atoms with Crippen molar-refractivity contribution in [2.45, 2.75) is 77.3 Å². The highest BCUT2D eigenvalue weighted by Crippen LogP contribution is 2.67. The minimum atomic E-state index is -0.597. The zero-order valence-electron chi connectivity index (χ0n) is 18.7. The van der Waals surface area contributed by atoms with E-state index >= 15 is 0 Å². The number of rotatable bonds is 1. The minimum Gasteiger partial charge on any atom is -0.347 e. The molecule has 2 heterocycles. The summed E-state index contributed by atoms with van der Waals surface area (Å²) in [5.41, 5.74) is 1.68. The van der Waals surface area contributed by atoms with Crippen LogP contribution in [0.25, 0.3) is 0 Å². The Morgan fingerprint density at radius 2 is 1.63 bits per heavy atom. The molecule has 5 fully saturated rings. The van der Waals surface area contributed by atoms with Crippen molar-refractivity contribution >= 4 is 5.78 Å². The zero-order valence-corrected chi connectivity index (χ0v) is 18.7. The average Bonchev–Trinajstić information content (AvgIpc) is 3.42. The fourth-order valence-electron chi connectivity index (χ4n) is 8.67. The first kappa shape index (κ1) is 19.9. The van der Waals surface area contributed by atoms with Crippen LogP contribution in [0.2, 0.25) is 0 Å². The number of hydrogen-bond acceptors (Lipinski definition) is 5. The highest BCUT2D eigenvalue weighted by atomic mass is 16.7. The number of Topliss-reactive ketones (excluding diaryl/α,β-unsaturated/α-hetero) is 1. The standard InChI is InChI=1S/C25H36O5/c1-22-8-9-25(29-12-13-30-25)15-16(22)4-5-17-18(22)6-7-23(2)20(14-19(26)21(17)23)24(3)27-10-11-28-24/h4,17-18,20-21H,5-15H2,1-3H3/t17-,18+,20+,21-,22+,23-/m1/s1. The molecule has 6 aliphatic rings. The van der Waals surface area contributed by atoms with Gasteiger partial charge < -0.3 is 18.9 Å². The third kappa shape index (κ3) is 2.52. The van der Waals surface area contributed by atoms with Crippen LogP contribution in [0.4, 0.5) is 0 Å². The number of allylic oxidation sites excluding steroid dienone is 1. The van der Waals surface area contributed by atoms with E-state index in [0.29, 0.717) is 37.3 Å². The molecule has 6 rings (SSSR count). The van der Waals surface area contributed by atoms with Crippen molar-refractivity contribution in [3.63, 3.8) is 0 Å². The maximum Gasteiger partial charge on any atom is 0.172 e. The monoisotopic (exact) mass is 416 g/mol. The Hall–Kier alpha value is -0.750. The van der Waals surface area contributed by atoms with Gasteiger partial charge in [0.05, 0.1) is 26.4 Å². The molecule has 0 amide bonds. The van der Waals surface area contributed by atoms with Crippen molar-refractivity contribution in [2.24, 2.45) is 34.5 Å². The normalized spacial score (nSPS) is 48.9. The molecule has 6 atom stereocenters. The predicted molar refractivity (Wildman–Crippen MR) is 111 cm³/mol. The fourth-order valence-corrected chi connectivity index (χ4v) is 8.67. The molecule has 3 saturated carbocycles. The largest absolute Gasteiger partial charge is 0.347 e. The summed E-state index contributed by atoms with van der Waals surface area (Å²) in [5, 5.41) is 0. The van der Waals surface area contributed by atoms with Gasteiger partial charge in [-0.15, -0.1) is 0 Å². The highest BCUT2D eigenvalue weighted by molar-refractivity contribution is 5.85. The summed E-state index contributed by atoms with van der Waals surface area (Å²) in [6.07, 6.45) is 9.36. The average molecular weight is 417 g/mol. The second-order valence-corrected chi connectivity index (χ2v) is 11.4. The van der Waals surface area contributed by atoms with Crippen molar-refractivity contribution in [3.8, 4) is 0 Å². The van der Waals surface area contributed by atoms with Gasteiger partial charge in [-0.1, -0.05) is 25.5 Å². The molecular weight excluding hydrogens is 380 g/mol. The van der Waals surface area contributed by atoms with Crippen molar-refractivity contribution in [3.05, 3.63) is 11.6 Å². The predicted octanol–water partition coefficient (Wildman–Crippen LogP) is 4.25. The van der Waals surface area contributed by atoms with Gasteiger partial charge in [-0.2, -0.15) is 0 Å². The molecule has 30 heavy (non-hydrogen) atoms. The first-order chi connectivity index (χ1) is 14.3. The van der Waals surface area contributed by atoms with Crippen LogP contribution in [0.3, 0.4) is 0 Å². The van der Waals surface area contributed by atoms with Crippen LogP contribution in [0.5, 0.6) is 0 Å². The Bertz CT molecular complexity index is 776. The number of fused-ring (bicyclic) bond motifs is 5. The van der Waals surface area contributed by atoms with Crippen LogP contribution < -0.4 is 0 Å². The molecule has 166 valence electrons. The van der Waals surface area contributed by atoms with Gasteiger partial charge in [0.25, 0.3) is 0 Å². The number of ether oxygens (including phenoxy) is 4. The van der Waals surface area contributed by atoms with Crippen LogP contribution in [0.15, 0.2) is 11.6 Å². The van der Waals surface area contributed by atoms with Crippen molar-refractivity contribution in [1.82, 2.24) is 0 Å². The Kier molecular flexibility index (Phi) is 4.25. The van der Waals surface area contributed by atoms with E-state index < -0.39 is 5.79 Å². The fraction of sp³-hybridized carbons (Fsp3) is 0.880. The van der Waals surface area contributed by atoms with Crippen LogP contribution in [-0.4, -0.2) is 43.8 Å². The third-order valence-corrected chi connectivity index (χ3v) is 10.2. The van der Waals surface area contributed by atoms with E-state index in [9.17, 15) is 4.79 Å². The number of carbonyl (C=O) groups excluding carboxylic acids is 1. The van der Waals surface area contributed by atoms with E-state index in [0.717, 1.165) is 45.3 Å². The number of hydrogen-bond donors (Lipinski definition) is 0. The molecule has 5 nitrogen and oxygen atoms in total. The Morgan fingerprint density at radius 3 is 2.37 bits per heavy atom.